The van der Waals surface area contributed by atoms with Crippen molar-refractivity contribution in [1.29, 1.82) is 0 Å². The lowest BCUT2D eigenvalue weighted by Crippen LogP contribution is -2.27. The molecule has 146 valence electrons. The number of aromatic nitrogens is 2. The first-order valence-corrected chi connectivity index (χ1v) is 10.4. The van der Waals surface area contributed by atoms with Gasteiger partial charge in [0.05, 0.1) is 5.75 Å². The standard InChI is InChI=1S/C22H25N3O2S/c1-15(2)18-10-6-17(7-11-18)12-13-23-20(26)14-28-22-25-24-21(27-22)19-8-4-16(3)5-9-19/h4-11,15H,12-14H2,1-3H3,(H,23,26). The molecule has 0 atom stereocenters. The summed E-state index contributed by atoms with van der Waals surface area (Å²) in [6.45, 7) is 7.00. The van der Waals surface area contributed by atoms with Crippen molar-refractivity contribution in [2.24, 2.45) is 0 Å². The number of carbonyl (C=O) groups excluding carboxylic acids is 1. The Morgan fingerprint density at radius 1 is 1.07 bits per heavy atom. The predicted molar refractivity (Wildman–Crippen MR) is 112 cm³/mol. The largest absolute Gasteiger partial charge is 0.411 e. The molecule has 2 aromatic carbocycles. The predicted octanol–water partition coefficient (Wildman–Crippen LogP) is 4.62. The van der Waals surface area contributed by atoms with Gasteiger partial charge in [0.2, 0.25) is 11.8 Å². The number of rotatable bonds is 8. The molecule has 1 N–H and O–H groups in total. The zero-order chi connectivity index (χ0) is 19.9. The van der Waals surface area contributed by atoms with Crippen molar-refractivity contribution in [3.8, 4) is 11.5 Å². The van der Waals surface area contributed by atoms with Gasteiger partial charge in [-0.25, -0.2) is 0 Å². The van der Waals surface area contributed by atoms with Crippen LogP contribution in [0.5, 0.6) is 0 Å². The van der Waals surface area contributed by atoms with Crippen LogP contribution in [0.1, 0.15) is 36.5 Å². The number of nitrogens with one attached hydrogen (secondary N) is 1. The van der Waals surface area contributed by atoms with Crippen LogP contribution in [0.2, 0.25) is 0 Å². The van der Waals surface area contributed by atoms with Gasteiger partial charge in [-0.2, -0.15) is 0 Å². The number of carbonyl (C=O) groups is 1. The zero-order valence-electron chi connectivity index (χ0n) is 16.4. The van der Waals surface area contributed by atoms with Crippen LogP contribution in [-0.2, 0) is 11.2 Å². The van der Waals surface area contributed by atoms with E-state index in [0.717, 1.165) is 12.0 Å². The number of hydrogen-bond acceptors (Lipinski definition) is 5. The molecule has 0 radical (unpaired) electrons. The molecule has 0 spiro atoms. The van der Waals surface area contributed by atoms with Gasteiger partial charge in [-0.3, -0.25) is 4.79 Å². The molecule has 0 saturated heterocycles. The second kappa shape index (κ2) is 9.55. The van der Waals surface area contributed by atoms with Gasteiger partial charge in [0.1, 0.15) is 0 Å². The number of hydrogen-bond donors (Lipinski definition) is 1. The van der Waals surface area contributed by atoms with Crippen molar-refractivity contribution in [2.45, 2.75) is 38.3 Å². The summed E-state index contributed by atoms with van der Waals surface area (Å²) < 4.78 is 5.62. The number of benzene rings is 2. The molecule has 1 aromatic heterocycles. The molecular formula is C22H25N3O2S. The number of amides is 1. The quantitative estimate of drug-likeness (QED) is 0.564. The topological polar surface area (TPSA) is 68.0 Å². The Morgan fingerprint density at radius 2 is 1.79 bits per heavy atom. The van der Waals surface area contributed by atoms with Crippen LogP contribution in [0.25, 0.3) is 11.5 Å². The molecule has 1 heterocycles. The van der Waals surface area contributed by atoms with Crippen LogP contribution in [0.3, 0.4) is 0 Å². The molecule has 0 aliphatic carbocycles. The van der Waals surface area contributed by atoms with E-state index < -0.39 is 0 Å². The minimum absolute atomic E-state index is 0.0427. The second-order valence-corrected chi connectivity index (χ2v) is 7.95. The average molecular weight is 396 g/mol. The van der Waals surface area contributed by atoms with Gasteiger partial charge in [-0.1, -0.05) is 67.6 Å². The van der Waals surface area contributed by atoms with Gasteiger partial charge in [0.15, 0.2) is 0 Å². The van der Waals surface area contributed by atoms with Gasteiger partial charge in [-0.15, -0.1) is 10.2 Å². The molecule has 3 rings (SSSR count). The van der Waals surface area contributed by atoms with Gasteiger partial charge < -0.3 is 9.73 Å². The lowest BCUT2D eigenvalue weighted by Gasteiger charge is -2.07. The number of nitrogens with zero attached hydrogens (tertiary/aromatic N) is 2. The van der Waals surface area contributed by atoms with Crippen LogP contribution in [0, 0.1) is 6.92 Å². The Hall–Kier alpha value is -2.60. The van der Waals surface area contributed by atoms with Crippen molar-refractivity contribution in [3.05, 3.63) is 65.2 Å². The van der Waals surface area contributed by atoms with Crippen LogP contribution in [0.15, 0.2) is 58.2 Å². The summed E-state index contributed by atoms with van der Waals surface area (Å²) in [5, 5.41) is 11.4. The molecule has 5 nitrogen and oxygen atoms in total. The second-order valence-electron chi connectivity index (χ2n) is 7.02. The molecule has 0 unspecified atom stereocenters. The molecule has 0 bridgehead atoms. The molecule has 0 fully saturated rings. The van der Waals surface area contributed by atoms with Crippen LogP contribution in [0.4, 0.5) is 0 Å². The lowest BCUT2D eigenvalue weighted by atomic mass is 10.0. The van der Waals surface area contributed by atoms with Crippen molar-refractivity contribution in [1.82, 2.24) is 15.5 Å². The summed E-state index contributed by atoms with van der Waals surface area (Å²) in [4.78, 5) is 12.0. The first-order chi connectivity index (χ1) is 13.5. The number of aryl methyl sites for hydroxylation is 1. The van der Waals surface area contributed by atoms with Gasteiger partial charge in [0, 0.05) is 12.1 Å². The van der Waals surface area contributed by atoms with Gasteiger partial charge in [0.25, 0.3) is 5.22 Å². The van der Waals surface area contributed by atoms with E-state index in [4.69, 9.17) is 4.42 Å². The highest BCUT2D eigenvalue weighted by atomic mass is 32.2. The Balaban J connectivity index is 1.41. The SMILES string of the molecule is Cc1ccc(-c2nnc(SCC(=O)NCCc3ccc(C(C)C)cc3)o2)cc1. The number of thioether (sulfide) groups is 1. The Kier molecular flexibility index (Phi) is 6.87. The van der Waals surface area contributed by atoms with Gasteiger partial charge >= 0.3 is 0 Å². The molecule has 28 heavy (non-hydrogen) atoms. The third kappa shape index (κ3) is 5.70. The Bertz CT molecular complexity index is 902. The average Bonchev–Trinajstić information content (AvgIpc) is 3.16. The minimum Gasteiger partial charge on any atom is -0.411 e. The summed E-state index contributed by atoms with van der Waals surface area (Å²) in [6, 6.07) is 16.4. The summed E-state index contributed by atoms with van der Waals surface area (Å²) in [6.07, 6.45) is 0.812. The summed E-state index contributed by atoms with van der Waals surface area (Å²) >= 11 is 1.25. The molecule has 0 aliphatic heterocycles. The maximum atomic E-state index is 12.0. The third-order valence-corrected chi connectivity index (χ3v) is 5.23. The van der Waals surface area contributed by atoms with E-state index in [1.165, 1.54) is 28.5 Å². The maximum absolute atomic E-state index is 12.0. The van der Waals surface area contributed by atoms with Crippen LogP contribution < -0.4 is 5.32 Å². The third-order valence-electron chi connectivity index (χ3n) is 4.41. The first kappa shape index (κ1) is 20.1. The van der Waals surface area contributed by atoms with Gasteiger partial charge in [-0.05, 0) is 42.5 Å². The fraction of sp³-hybridized carbons (Fsp3) is 0.318. The normalized spacial score (nSPS) is 11.0. The highest BCUT2D eigenvalue weighted by Gasteiger charge is 2.11. The monoisotopic (exact) mass is 395 g/mol. The molecule has 1 amide bonds. The van der Waals surface area contributed by atoms with Crippen LogP contribution in [-0.4, -0.2) is 28.4 Å². The Morgan fingerprint density at radius 3 is 2.46 bits per heavy atom. The molecule has 3 aromatic rings. The summed E-state index contributed by atoms with van der Waals surface area (Å²) in [7, 11) is 0. The van der Waals surface area contributed by atoms with Crippen LogP contribution >= 0.6 is 11.8 Å². The fourth-order valence-corrected chi connectivity index (χ4v) is 3.27. The lowest BCUT2D eigenvalue weighted by molar-refractivity contribution is -0.118. The van der Waals surface area contributed by atoms with Crippen molar-refractivity contribution in [3.63, 3.8) is 0 Å². The molecule has 0 aliphatic rings. The molecular weight excluding hydrogens is 370 g/mol. The van der Waals surface area contributed by atoms with E-state index in [1.807, 2.05) is 31.2 Å². The minimum atomic E-state index is -0.0427. The van der Waals surface area contributed by atoms with Crippen molar-refractivity contribution in [2.75, 3.05) is 12.3 Å². The van der Waals surface area contributed by atoms with E-state index in [1.54, 1.807) is 0 Å². The van der Waals surface area contributed by atoms with Crippen molar-refractivity contribution >= 4 is 17.7 Å². The zero-order valence-corrected chi connectivity index (χ0v) is 17.3. The highest BCUT2D eigenvalue weighted by molar-refractivity contribution is 7.99. The summed E-state index contributed by atoms with van der Waals surface area (Å²) in [5.74, 6) is 1.20. The fourth-order valence-electron chi connectivity index (χ4n) is 2.67. The van der Waals surface area contributed by atoms with E-state index in [0.29, 0.717) is 23.6 Å². The van der Waals surface area contributed by atoms with E-state index >= 15 is 0 Å². The highest BCUT2D eigenvalue weighted by Crippen LogP contribution is 2.23. The van der Waals surface area contributed by atoms with E-state index in [9.17, 15) is 4.79 Å². The van der Waals surface area contributed by atoms with Crippen molar-refractivity contribution < 1.29 is 9.21 Å². The summed E-state index contributed by atoms with van der Waals surface area (Å²) in [5.41, 5.74) is 4.59. The molecule has 0 saturated carbocycles. The van der Waals surface area contributed by atoms with E-state index in [2.05, 4.69) is 53.6 Å². The smallest absolute Gasteiger partial charge is 0.277 e. The first-order valence-electron chi connectivity index (χ1n) is 9.40. The molecule has 6 heteroatoms. The van der Waals surface area contributed by atoms with E-state index in [-0.39, 0.29) is 11.7 Å². The Labute approximate surface area is 170 Å². The maximum Gasteiger partial charge on any atom is 0.277 e.